The summed E-state index contributed by atoms with van der Waals surface area (Å²) in [6, 6.07) is 3.49. The predicted molar refractivity (Wildman–Crippen MR) is 51.1 cm³/mol. The first-order valence-electron chi connectivity index (χ1n) is 4.41. The Labute approximate surface area is 90.9 Å². The Hall–Kier alpha value is -2.05. The van der Waals surface area contributed by atoms with Crippen molar-refractivity contribution in [2.24, 2.45) is 5.73 Å². The second kappa shape index (κ2) is 5.15. The van der Waals surface area contributed by atoms with Crippen molar-refractivity contribution in [3.63, 3.8) is 0 Å². The van der Waals surface area contributed by atoms with E-state index in [2.05, 4.69) is 4.98 Å². The SMILES string of the molecule is N#CCc1c(CN)ncc(C(F)F)c1C#N. The Balaban J connectivity index is 3.46. The molecule has 1 aromatic rings. The highest BCUT2D eigenvalue weighted by molar-refractivity contribution is 5.47. The van der Waals surface area contributed by atoms with Crippen LogP contribution in [0.25, 0.3) is 0 Å². The van der Waals surface area contributed by atoms with Gasteiger partial charge >= 0.3 is 0 Å². The zero-order valence-electron chi connectivity index (χ0n) is 8.24. The molecule has 0 spiro atoms. The minimum absolute atomic E-state index is 0.00914. The van der Waals surface area contributed by atoms with Gasteiger partial charge in [0.15, 0.2) is 0 Å². The quantitative estimate of drug-likeness (QED) is 0.837. The van der Waals surface area contributed by atoms with Crippen molar-refractivity contribution in [1.29, 1.82) is 10.5 Å². The number of hydrogen-bond donors (Lipinski definition) is 1. The highest BCUT2D eigenvalue weighted by Gasteiger charge is 2.19. The molecule has 1 aromatic heterocycles. The van der Waals surface area contributed by atoms with E-state index in [0.29, 0.717) is 5.69 Å². The van der Waals surface area contributed by atoms with Crippen molar-refractivity contribution in [2.45, 2.75) is 19.4 Å². The van der Waals surface area contributed by atoms with Crippen LogP contribution < -0.4 is 5.73 Å². The maximum atomic E-state index is 12.6. The van der Waals surface area contributed by atoms with Crippen molar-refractivity contribution in [3.8, 4) is 12.1 Å². The van der Waals surface area contributed by atoms with Gasteiger partial charge in [-0.2, -0.15) is 10.5 Å². The van der Waals surface area contributed by atoms with Crippen LogP contribution in [-0.4, -0.2) is 4.98 Å². The van der Waals surface area contributed by atoms with E-state index in [1.54, 1.807) is 6.07 Å². The summed E-state index contributed by atoms with van der Waals surface area (Å²) in [5.41, 5.74) is 5.23. The molecule has 1 heterocycles. The first kappa shape index (κ1) is 12.0. The largest absolute Gasteiger partial charge is 0.325 e. The molecule has 0 amide bonds. The second-order valence-electron chi connectivity index (χ2n) is 2.97. The van der Waals surface area contributed by atoms with Crippen molar-refractivity contribution in [1.82, 2.24) is 4.98 Å². The first-order valence-corrected chi connectivity index (χ1v) is 4.41. The molecule has 0 unspecified atom stereocenters. The van der Waals surface area contributed by atoms with Gasteiger partial charge in [-0.3, -0.25) is 4.98 Å². The molecular formula is C10H8F2N4. The van der Waals surface area contributed by atoms with Crippen LogP contribution in [0.4, 0.5) is 8.78 Å². The van der Waals surface area contributed by atoms with Crippen molar-refractivity contribution < 1.29 is 8.78 Å². The molecule has 1 rings (SSSR count). The summed E-state index contributed by atoms with van der Waals surface area (Å²) in [6.07, 6.45) is -2.00. The number of halogens is 2. The van der Waals surface area contributed by atoms with Crippen LogP contribution in [0.3, 0.4) is 0 Å². The molecule has 0 bridgehead atoms. The van der Waals surface area contributed by atoms with Crippen LogP contribution in [0.15, 0.2) is 6.20 Å². The molecule has 0 atom stereocenters. The number of nitrogens with two attached hydrogens (primary N) is 1. The summed E-state index contributed by atoms with van der Waals surface area (Å²) in [7, 11) is 0. The molecule has 0 aromatic carbocycles. The lowest BCUT2D eigenvalue weighted by molar-refractivity contribution is 0.150. The molecule has 16 heavy (non-hydrogen) atoms. The topological polar surface area (TPSA) is 86.5 Å². The fourth-order valence-corrected chi connectivity index (χ4v) is 1.35. The number of nitrogens with zero attached hydrogens (tertiary/aromatic N) is 3. The van der Waals surface area contributed by atoms with E-state index in [-0.39, 0.29) is 24.1 Å². The van der Waals surface area contributed by atoms with Gasteiger partial charge in [0, 0.05) is 18.3 Å². The predicted octanol–water partition coefficient (Wildman–Crippen LogP) is 1.42. The van der Waals surface area contributed by atoms with Gasteiger partial charge in [0.05, 0.1) is 29.3 Å². The van der Waals surface area contributed by atoms with E-state index in [1.807, 2.05) is 6.07 Å². The van der Waals surface area contributed by atoms with Crippen molar-refractivity contribution in [3.05, 3.63) is 28.6 Å². The third kappa shape index (κ3) is 2.13. The first-order chi connectivity index (χ1) is 7.65. The third-order valence-corrected chi connectivity index (χ3v) is 2.09. The fraction of sp³-hybridized carbons (Fsp3) is 0.300. The van der Waals surface area contributed by atoms with Gasteiger partial charge in [0.1, 0.15) is 6.07 Å². The number of aromatic nitrogens is 1. The van der Waals surface area contributed by atoms with Gasteiger partial charge in [-0.25, -0.2) is 8.78 Å². The number of alkyl halides is 2. The van der Waals surface area contributed by atoms with E-state index in [1.165, 1.54) is 0 Å². The van der Waals surface area contributed by atoms with E-state index < -0.39 is 12.0 Å². The van der Waals surface area contributed by atoms with Gasteiger partial charge in [-0.05, 0) is 0 Å². The lowest BCUT2D eigenvalue weighted by Crippen LogP contribution is -2.09. The molecule has 82 valence electrons. The van der Waals surface area contributed by atoms with Crippen molar-refractivity contribution in [2.75, 3.05) is 0 Å². The van der Waals surface area contributed by atoms with Crippen LogP contribution in [0.1, 0.15) is 28.8 Å². The molecule has 6 heteroatoms. The molecular weight excluding hydrogens is 214 g/mol. The Morgan fingerprint density at radius 1 is 1.44 bits per heavy atom. The zero-order chi connectivity index (χ0) is 12.1. The molecule has 0 saturated carbocycles. The maximum absolute atomic E-state index is 12.6. The van der Waals surface area contributed by atoms with Gasteiger partial charge in [0.25, 0.3) is 6.43 Å². The lowest BCUT2D eigenvalue weighted by Gasteiger charge is -2.09. The fourth-order valence-electron chi connectivity index (χ4n) is 1.35. The summed E-state index contributed by atoms with van der Waals surface area (Å²) >= 11 is 0. The van der Waals surface area contributed by atoms with E-state index in [4.69, 9.17) is 16.3 Å². The van der Waals surface area contributed by atoms with Gasteiger partial charge in [0.2, 0.25) is 0 Å². The van der Waals surface area contributed by atoms with E-state index >= 15 is 0 Å². The average molecular weight is 222 g/mol. The highest BCUT2D eigenvalue weighted by Crippen LogP contribution is 2.25. The molecule has 0 radical (unpaired) electrons. The zero-order valence-corrected chi connectivity index (χ0v) is 8.24. The number of rotatable bonds is 3. The summed E-state index contributed by atoms with van der Waals surface area (Å²) in [5, 5.41) is 17.4. The summed E-state index contributed by atoms with van der Waals surface area (Å²) in [6.45, 7) is 0.00914. The molecule has 0 saturated heterocycles. The van der Waals surface area contributed by atoms with Crippen LogP contribution in [0.2, 0.25) is 0 Å². The smallest absolute Gasteiger partial charge is 0.266 e. The Morgan fingerprint density at radius 3 is 2.56 bits per heavy atom. The van der Waals surface area contributed by atoms with Gasteiger partial charge in [-0.1, -0.05) is 0 Å². The summed E-state index contributed by atoms with van der Waals surface area (Å²) in [4.78, 5) is 3.74. The van der Waals surface area contributed by atoms with Gasteiger partial charge < -0.3 is 5.73 Å². The van der Waals surface area contributed by atoms with Crippen molar-refractivity contribution >= 4 is 0 Å². The monoisotopic (exact) mass is 222 g/mol. The Morgan fingerprint density at radius 2 is 2.12 bits per heavy atom. The summed E-state index contributed by atoms with van der Waals surface area (Å²) in [5.74, 6) is 0. The highest BCUT2D eigenvalue weighted by atomic mass is 19.3. The molecule has 0 aliphatic heterocycles. The molecule has 0 aliphatic rings. The minimum atomic E-state index is -2.79. The second-order valence-corrected chi connectivity index (χ2v) is 2.97. The van der Waals surface area contributed by atoms with Crippen LogP contribution >= 0.6 is 0 Å². The average Bonchev–Trinajstić information content (AvgIpc) is 2.28. The van der Waals surface area contributed by atoms with E-state index in [0.717, 1.165) is 6.20 Å². The normalized spacial score (nSPS) is 9.88. The van der Waals surface area contributed by atoms with Crippen LogP contribution in [0.5, 0.6) is 0 Å². The standard InChI is InChI=1S/C10H8F2N4/c11-10(12)8-5-16-9(4-15)6(1-2-13)7(8)3-14/h5,10H,1,4,15H2. The maximum Gasteiger partial charge on any atom is 0.266 e. The van der Waals surface area contributed by atoms with Crippen LogP contribution in [-0.2, 0) is 13.0 Å². The molecule has 0 fully saturated rings. The van der Waals surface area contributed by atoms with E-state index in [9.17, 15) is 8.78 Å². The Kier molecular flexibility index (Phi) is 3.87. The third-order valence-electron chi connectivity index (χ3n) is 2.09. The number of hydrogen-bond acceptors (Lipinski definition) is 4. The lowest BCUT2D eigenvalue weighted by atomic mass is 10.00. The minimum Gasteiger partial charge on any atom is -0.325 e. The molecule has 2 N–H and O–H groups in total. The van der Waals surface area contributed by atoms with Crippen LogP contribution in [0, 0.1) is 22.7 Å². The molecule has 0 aliphatic carbocycles. The van der Waals surface area contributed by atoms with Gasteiger partial charge in [-0.15, -0.1) is 0 Å². The Bertz CT molecular complexity index is 471. The summed E-state index contributed by atoms with van der Waals surface area (Å²) < 4.78 is 25.1. The number of nitriles is 2. The molecule has 4 nitrogen and oxygen atoms in total. The number of pyridine rings is 1.